The molecular formula is C19H14ClF3N2. The summed E-state index contributed by atoms with van der Waals surface area (Å²) < 4.78 is 39.9. The molecule has 1 aromatic heterocycles. The third kappa shape index (κ3) is 2.93. The van der Waals surface area contributed by atoms with Crippen molar-refractivity contribution in [1.82, 2.24) is 4.98 Å². The first-order valence-electron chi connectivity index (χ1n) is 7.92. The summed E-state index contributed by atoms with van der Waals surface area (Å²) in [5.74, 6) is 0. The number of alkyl halides is 3. The van der Waals surface area contributed by atoms with Gasteiger partial charge in [-0.15, -0.1) is 0 Å². The summed E-state index contributed by atoms with van der Waals surface area (Å²) in [5, 5.41) is 0.863. The molecule has 1 aliphatic heterocycles. The van der Waals surface area contributed by atoms with Crippen molar-refractivity contribution in [2.75, 3.05) is 11.4 Å². The van der Waals surface area contributed by atoms with Gasteiger partial charge in [-0.25, -0.2) is 4.98 Å². The Morgan fingerprint density at radius 3 is 2.52 bits per heavy atom. The van der Waals surface area contributed by atoms with Gasteiger partial charge >= 0.3 is 6.18 Å². The van der Waals surface area contributed by atoms with Crippen molar-refractivity contribution in [3.05, 3.63) is 70.4 Å². The molecule has 6 heteroatoms. The Balaban J connectivity index is 1.88. The number of fused-ring (bicyclic) bond motifs is 2. The van der Waals surface area contributed by atoms with Crippen LogP contribution in [-0.2, 0) is 19.1 Å². The van der Waals surface area contributed by atoms with E-state index in [4.69, 9.17) is 11.6 Å². The molecule has 25 heavy (non-hydrogen) atoms. The number of rotatable bonds is 1. The van der Waals surface area contributed by atoms with E-state index in [1.807, 2.05) is 23.1 Å². The first-order chi connectivity index (χ1) is 11.9. The second-order valence-corrected chi connectivity index (χ2v) is 6.51. The largest absolute Gasteiger partial charge is 0.433 e. The maximum absolute atomic E-state index is 13.3. The summed E-state index contributed by atoms with van der Waals surface area (Å²) in [6.07, 6.45) is -3.72. The van der Waals surface area contributed by atoms with Gasteiger partial charge in [0.15, 0.2) is 0 Å². The zero-order valence-electron chi connectivity index (χ0n) is 13.1. The van der Waals surface area contributed by atoms with Crippen LogP contribution in [0.1, 0.15) is 16.8 Å². The second kappa shape index (κ2) is 5.92. The predicted molar refractivity (Wildman–Crippen MR) is 93.0 cm³/mol. The molecule has 2 nitrogen and oxygen atoms in total. The van der Waals surface area contributed by atoms with Gasteiger partial charge in [0.1, 0.15) is 5.69 Å². The minimum atomic E-state index is -4.52. The van der Waals surface area contributed by atoms with Gasteiger partial charge in [0.2, 0.25) is 0 Å². The predicted octanol–water partition coefficient (Wildman–Crippen LogP) is 5.47. The van der Waals surface area contributed by atoms with Gasteiger partial charge in [-0.3, -0.25) is 0 Å². The molecule has 0 unspecified atom stereocenters. The Labute approximate surface area is 147 Å². The minimum absolute atomic E-state index is 0.188. The Morgan fingerprint density at radius 1 is 1.00 bits per heavy atom. The molecule has 0 amide bonds. The number of pyridine rings is 1. The molecule has 1 aliphatic rings. The maximum atomic E-state index is 13.3. The molecule has 3 aromatic rings. The molecule has 2 aromatic carbocycles. The van der Waals surface area contributed by atoms with Crippen LogP contribution < -0.4 is 4.90 Å². The van der Waals surface area contributed by atoms with Gasteiger partial charge in [-0.2, -0.15) is 13.2 Å². The van der Waals surface area contributed by atoms with Gasteiger partial charge in [0.25, 0.3) is 0 Å². The first kappa shape index (κ1) is 16.2. The molecule has 0 fully saturated rings. The van der Waals surface area contributed by atoms with E-state index in [0.717, 1.165) is 18.1 Å². The minimum Gasteiger partial charge on any atom is -0.366 e. The van der Waals surface area contributed by atoms with Crippen LogP contribution in [-0.4, -0.2) is 11.5 Å². The average molecular weight is 363 g/mol. The molecule has 0 radical (unpaired) electrons. The van der Waals surface area contributed by atoms with Crippen molar-refractivity contribution in [2.45, 2.75) is 19.1 Å². The Hall–Kier alpha value is -2.27. The van der Waals surface area contributed by atoms with E-state index in [1.165, 1.54) is 5.56 Å². The molecule has 4 rings (SSSR count). The lowest BCUT2D eigenvalue weighted by Crippen LogP contribution is -2.30. The molecule has 2 heterocycles. The van der Waals surface area contributed by atoms with Crippen molar-refractivity contribution < 1.29 is 13.2 Å². The van der Waals surface area contributed by atoms with Crippen molar-refractivity contribution in [3.63, 3.8) is 0 Å². The molecule has 0 saturated heterocycles. The average Bonchev–Trinajstić information content (AvgIpc) is 2.60. The molecular weight excluding hydrogens is 349 g/mol. The maximum Gasteiger partial charge on any atom is 0.433 e. The van der Waals surface area contributed by atoms with Gasteiger partial charge in [0.05, 0.1) is 10.5 Å². The van der Waals surface area contributed by atoms with E-state index < -0.39 is 11.9 Å². The van der Waals surface area contributed by atoms with Gasteiger partial charge in [-0.1, -0.05) is 48.0 Å². The van der Waals surface area contributed by atoms with Gasteiger partial charge in [-0.05, 0) is 29.7 Å². The Kier molecular flexibility index (Phi) is 3.84. The summed E-state index contributed by atoms with van der Waals surface area (Å²) in [6, 6.07) is 14.2. The number of hydrogen-bond acceptors (Lipinski definition) is 2. The fraction of sp³-hybridized carbons (Fsp3) is 0.211. The number of halogens is 4. The smallest absolute Gasteiger partial charge is 0.366 e. The molecule has 128 valence electrons. The molecule has 0 N–H and O–H groups in total. The summed E-state index contributed by atoms with van der Waals surface area (Å²) in [4.78, 5) is 5.73. The van der Waals surface area contributed by atoms with Gasteiger partial charge < -0.3 is 4.90 Å². The fourth-order valence-electron chi connectivity index (χ4n) is 3.30. The van der Waals surface area contributed by atoms with Crippen LogP contribution in [0.15, 0.2) is 48.5 Å². The number of nitrogens with zero attached hydrogens (tertiary/aromatic N) is 2. The lowest BCUT2D eigenvalue weighted by molar-refractivity contribution is -0.140. The Morgan fingerprint density at radius 2 is 1.76 bits per heavy atom. The zero-order valence-corrected chi connectivity index (χ0v) is 13.9. The SMILES string of the molecule is FC(F)(F)c1cc(N2CCc3ccccc3C2)c2cccc(Cl)c2n1. The first-order valence-corrected chi connectivity index (χ1v) is 8.29. The van der Waals surface area contributed by atoms with E-state index in [-0.39, 0.29) is 10.5 Å². The van der Waals surface area contributed by atoms with Crippen LogP contribution in [0.3, 0.4) is 0 Å². The number of aromatic nitrogens is 1. The summed E-state index contributed by atoms with van der Waals surface area (Å²) in [5.41, 5.74) is 2.17. The van der Waals surface area contributed by atoms with Crippen LogP contribution in [0.4, 0.5) is 18.9 Å². The van der Waals surface area contributed by atoms with Crippen molar-refractivity contribution in [2.24, 2.45) is 0 Å². The summed E-state index contributed by atoms with van der Waals surface area (Å²) in [7, 11) is 0. The van der Waals surface area contributed by atoms with E-state index >= 15 is 0 Å². The van der Waals surface area contributed by atoms with Gasteiger partial charge in [0, 0.05) is 24.2 Å². The standard InChI is InChI=1S/C19H14ClF3N2/c20-15-7-3-6-14-16(10-17(19(21,22)23)24-18(14)15)25-9-8-12-4-1-2-5-13(12)11-25/h1-7,10H,8-9,11H2. The van der Waals surface area contributed by atoms with Crippen LogP contribution in [0, 0.1) is 0 Å². The van der Waals surface area contributed by atoms with Crippen LogP contribution in [0.2, 0.25) is 5.02 Å². The van der Waals surface area contributed by atoms with E-state index in [0.29, 0.717) is 24.2 Å². The number of hydrogen-bond donors (Lipinski definition) is 0. The van der Waals surface area contributed by atoms with E-state index in [2.05, 4.69) is 11.1 Å². The number of para-hydroxylation sites is 1. The molecule has 0 atom stereocenters. The second-order valence-electron chi connectivity index (χ2n) is 6.10. The number of anilines is 1. The topological polar surface area (TPSA) is 16.1 Å². The zero-order chi connectivity index (χ0) is 17.6. The highest BCUT2D eigenvalue weighted by Gasteiger charge is 2.34. The highest BCUT2D eigenvalue weighted by atomic mass is 35.5. The number of benzene rings is 2. The van der Waals surface area contributed by atoms with Crippen molar-refractivity contribution in [1.29, 1.82) is 0 Å². The normalized spacial score (nSPS) is 14.6. The molecule has 0 bridgehead atoms. The highest BCUT2D eigenvalue weighted by Crippen LogP contribution is 2.38. The third-order valence-electron chi connectivity index (χ3n) is 4.53. The Bertz CT molecular complexity index is 953. The quantitative estimate of drug-likeness (QED) is 0.570. The molecule has 0 spiro atoms. The van der Waals surface area contributed by atoms with Crippen LogP contribution in [0.5, 0.6) is 0 Å². The van der Waals surface area contributed by atoms with E-state index in [9.17, 15) is 13.2 Å². The summed E-state index contributed by atoms with van der Waals surface area (Å²) >= 11 is 6.12. The highest BCUT2D eigenvalue weighted by molar-refractivity contribution is 6.35. The lowest BCUT2D eigenvalue weighted by Gasteiger charge is -2.32. The monoisotopic (exact) mass is 362 g/mol. The van der Waals surface area contributed by atoms with Crippen LogP contribution >= 0.6 is 11.6 Å². The lowest BCUT2D eigenvalue weighted by atomic mass is 9.99. The van der Waals surface area contributed by atoms with Crippen molar-refractivity contribution >= 4 is 28.2 Å². The summed E-state index contributed by atoms with van der Waals surface area (Å²) in [6.45, 7) is 1.22. The van der Waals surface area contributed by atoms with E-state index in [1.54, 1.807) is 18.2 Å². The molecule has 0 saturated carbocycles. The fourth-order valence-corrected chi connectivity index (χ4v) is 3.52. The molecule has 0 aliphatic carbocycles. The third-order valence-corrected chi connectivity index (χ3v) is 4.84. The van der Waals surface area contributed by atoms with Crippen molar-refractivity contribution in [3.8, 4) is 0 Å². The van der Waals surface area contributed by atoms with Crippen LogP contribution in [0.25, 0.3) is 10.9 Å².